The second-order valence-corrected chi connectivity index (χ2v) is 6.06. The number of carbonyl (C=O) groups is 1. The molecule has 0 aromatic heterocycles. The molecule has 3 atom stereocenters. The summed E-state index contributed by atoms with van der Waals surface area (Å²) < 4.78 is 5.40. The Bertz CT molecular complexity index is 481. The van der Waals surface area contributed by atoms with E-state index in [-0.39, 0.29) is 24.2 Å². The van der Waals surface area contributed by atoms with Gasteiger partial charge in [-0.2, -0.15) is 0 Å². The molecule has 0 unspecified atom stereocenters. The second kappa shape index (κ2) is 8.36. The van der Waals surface area contributed by atoms with Crippen LogP contribution >= 0.6 is 11.6 Å². The highest BCUT2D eigenvalue weighted by Gasteiger charge is 2.25. The molecule has 1 aliphatic carbocycles. The number of hydrogen-bond donors (Lipinski definition) is 3. The van der Waals surface area contributed by atoms with Gasteiger partial charge < -0.3 is 20.5 Å². The summed E-state index contributed by atoms with van der Waals surface area (Å²) in [4.78, 5) is 11.8. The molecule has 1 aromatic rings. The summed E-state index contributed by atoms with van der Waals surface area (Å²) in [7, 11) is 1.60. The van der Waals surface area contributed by atoms with Crippen molar-refractivity contribution in [1.29, 1.82) is 0 Å². The molecular formula is C16H23ClN2O3. The predicted molar refractivity (Wildman–Crippen MR) is 86.0 cm³/mol. The van der Waals surface area contributed by atoms with E-state index < -0.39 is 0 Å². The number of hydrogen-bond acceptors (Lipinski definition) is 3. The van der Waals surface area contributed by atoms with Crippen molar-refractivity contribution in [2.24, 2.45) is 5.92 Å². The maximum atomic E-state index is 11.8. The fourth-order valence-corrected chi connectivity index (χ4v) is 2.87. The van der Waals surface area contributed by atoms with Gasteiger partial charge in [0.05, 0.1) is 12.2 Å². The van der Waals surface area contributed by atoms with Crippen LogP contribution in [0.3, 0.4) is 0 Å². The van der Waals surface area contributed by atoms with Gasteiger partial charge >= 0.3 is 6.03 Å². The molecule has 6 heteroatoms. The Morgan fingerprint density at radius 3 is 2.68 bits per heavy atom. The van der Waals surface area contributed by atoms with Crippen LogP contribution in [0.1, 0.15) is 30.9 Å². The molecule has 0 saturated heterocycles. The van der Waals surface area contributed by atoms with Crippen molar-refractivity contribution < 1.29 is 14.6 Å². The SMILES string of the molecule is CO[C@H](CNC(=O)NC[C@H]1CCC[C@H]1O)c1ccc(Cl)cc1. The molecule has 2 rings (SSSR count). The lowest BCUT2D eigenvalue weighted by Gasteiger charge is -2.18. The normalized spacial score (nSPS) is 22.3. The highest BCUT2D eigenvalue weighted by molar-refractivity contribution is 6.30. The first-order valence-corrected chi connectivity index (χ1v) is 7.96. The number of carbonyl (C=O) groups excluding carboxylic acids is 1. The molecule has 0 radical (unpaired) electrons. The highest BCUT2D eigenvalue weighted by Crippen LogP contribution is 2.24. The van der Waals surface area contributed by atoms with E-state index in [9.17, 15) is 9.90 Å². The molecule has 5 nitrogen and oxygen atoms in total. The molecule has 1 saturated carbocycles. The molecule has 0 aliphatic heterocycles. The molecule has 1 aromatic carbocycles. The third kappa shape index (κ3) is 4.87. The standard InChI is InChI=1S/C16H23ClN2O3/c1-22-15(11-5-7-13(17)8-6-11)10-19-16(21)18-9-12-3-2-4-14(12)20/h5-8,12,14-15,20H,2-4,9-10H2,1H3,(H2,18,19,21)/t12-,14-,15-/m1/s1. The molecule has 122 valence electrons. The molecule has 1 fully saturated rings. The lowest BCUT2D eigenvalue weighted by molar-refractivity contribution is 0.103. The van der Waals surface area contributed by atoms with E-state index in [4.69, 9.17) is 16.3 Å². The smallest absolute Gasteiger partial charge is 0.314 e. The monoisotopic (exact) mass is 326 g/mol. The maximum absolute atomic E-state index is 11.8. The number of amides is 2. The minimum absolute atomic E-state index is 0.167. The van der Waals surface area contributed by atoms with Crippen LogP contribution in [-0.2, 0) is 4.74 Å². The number of ether oxygens (including phenoxy) is 1. The summed E-state index contributed by atoms with van der Waals surface area (Å²) in [5.74, 6) is 0.167. The number of nitrogens with one attached hydrogen (secondary N) is 2. The van der Waals surface area contributed by atoms with E-state index >= 15 is 0 Å². The van der Waals surface area contributed by atoms with Gasteiger partial charge in [-0.05, 0) is 30.5 Å². The predicted octanol–water partition coefficient (Wildman–Crippen LogP) is 2.49. The van der Waals surface area contributed by atoms with Crippen molar-refractivity contribution >= 4 is 17.6 Å². The zero-order valence-corrected chi connectivity index (χ0v) is 13.5. The van der Waals surface area contributed by atoms with Gasteiger partial charge in [-0.25, -0.2) is 4.79 Å². The van der Waals surface area contributed by atoms with E-state index in [1.165, 1.54) is 0 Å². The van der Waals surface area contributed by atoms with E-state index in [0.717, 1.165) is 24.8 Å². The Morgan fingerprint density at radius 2 is 2.09 bits per heavy atom. The Morgan fingerprint density at radius 1 is 1.36 bits per heavy atom. The zero-order valence-electron chi connectivity index (χ0n) is 12.7. The number of halogens is 1. The first-order chi connectivity index (χ1) is 10.6. The number of benzene rings is 1. The molecule has 3 N–H and O–H groups in total. The van der Waals surface area contributed by atoms with Gasteiger partial charge in [-0.1, -0.05) is 30.2 Å². The number of aliphatic hydroxyl groups is 1. The molecule has 0 heterocycles. The maximum Gasteiger partial charge on any atom is 0.314 e. The Labute approximate surface area is 136 Å². The molecule has 0 spiro atoms. The van der Waals surface area contributed by atoms with Gasteiger partial charge in [0, 0.05) is 31.1 Å². The van der Waals surface area contributed by atoms with Gasteiger partial charge in [0.2, 0.25) is 0 Å². The van der Waals surface area contributed by atoms with Crippen molar-refractivity contribution in [3.8, 4) is 0 Å². The topological polar surface area (TPSA) is 70.6 Å². The van der Waals surface area contributed by atoms with E-state index in [2.05, 4.69) is 10.6 Å². The van der Waals surface area contributed by atoms with E-state index in [1.54, 1.807) is 19.2 Å². The molecular weight excluding hydrogens is 304 g/mol. The average Bonchev–Trinajstić information content (AvgIpc) is 2.92. The zero-order chi connectivity index (χ0) is 15.9. The van der Waals surface area contributed by atoms with Crippen molar-refractivity contribution in [2.45, 2.75) is 31.5 Å². The fraction of sp³-hybridized carbons (Fsp3) is 0.562. The number of aliphatic hydroxyl groups excluding tert-OH is 1. The van der Waals surface area contributed by atoms with E-state index in [0.29, 0.717) is 18.1 Å². The Kier molecular flexibility index (Phi) is 6.49. The number of rotatable bonds is 6. The van der Waals surface area contributed by atoms with Gasteiger partial charge in [0.15, 0.2) is 0 Å². The lowest BCUT2D eigenvalue weighted by atomic mass is 10.1. The highest BCUT2D eigenvalue weighted by atomic mass is 35.5. The van der Waals surface area contributed by atoms with Crippen LogP contribution < -0.4 is 10.6 Å². The van der Waals surface area contributed by atoms with Crippen LogP contribution in [-0.4, -0.2) is 37.4 Å². The average molecular weight is 327 g/mol. The molecule has 1 aliphatic rings. The molecule has 2 amide bonds. The summed E-state index contributed by atoms with van der Waals surface area (Å²) in [6.07, 6.45) is 2.31. The molecule has 22 heavy (non-hydrogen) atoms. The van der Waals surface area contributed by atoms with Crippen molar-refractivity contribution in [2.75, 3.05) is 20.2 Å². The van der Waals surface area contributed by atoms with Crippen LogP contribution in [0.4, 0.5) is 4.79 Å². The third-order valence-corrected chi connectivity index (χ3v) is 4.37. The summed E-state index contributed by atoms with van der Waals surface area (Å²) >= 11 is 5.86. The lowest BCUT2D eigenvalue weighted by Crippen LogP contribution is -2.41. The van der Waals surface area contributed by atoms with Gasteiger partial charge in [0.1, 0.15) is 0 Å². The second-order valence-electron chi connectivity index (χ2n) is 5.63. The van der Waals surface area contributed by atoms with Crippen LogP contribution in [0, 0.1) is 5.92 Å². The fourth-order valence-electron chi connectivity index (χ4n) is 2.74. The quantitative estimate of drug-likeness (QED) is 0.752. The Balaban J connectivity index is 1.75. The van der Waals surface area contributed by atoms with E-state index in [1.807, 2.05) is 12.1 Å². The van der Waals surface area contributed by atoms with Crippen molar-refractivity contribution in [3.63, 3.8) is 0 Å². The first-order valence-electron chi connectivity index (χ1n) is 7.58. The van der Waals surface area contributed by atoms with Crippen LogP contribution in [0.25, 0.3) is 0 Å². The summed E-state index contributed by atoms with van der Waals surface area (Å²) in [5.41, 5.74) is 0.957. The number of methoxy groups -OCH3 is 1. The molecule has 0 bridgehead atoms. The van der Waals surface area contributed by atoms with Gasteiger partial charge in [-0.3, -0.25) is 0 Å². The Hall–Kier alpha value is -1.30. The largest absolute Gasteiger partial charge is 0.393 e. The van der Waals surface area contributed by atoms with Crippen LogP contribution in [0.15, 0.2) is 24.3 Å². The minimum atomic E-state index is -0.291. The third-order valence-electron chi connectivity index (χ3n) is 4.12. The van der Waals surface area contributed by atoms with Gasteiger partial charge in [-0.15, -0.1) is 0 Å². The minimum Gasteiger partial charge on any atom is -0.393 e. The number of urea groups is 1. The van der Waals surface area contributed by atoms with Crippen LogP contribution in [0.5, 0.6) is 0 Å². The van der Waals surface area contributed by atoms with Crippen molar-refractivity contribution in [1.82, 2.24) is 10.6 Å². The first kappa shape index (κ1) is 17.1. The van der Waals surface area contributed by atoms with Gasteiger partial charge in [0.25, 0.3) is 0 Å². The van der Waals surface area contributed by atoms with Crippen LogP contribution in [0.2, 0.25) is 5.02 Å². The summed E-state index contributed by atoms with van der Waals surface area (Å²) in [6, 6.07) is 7.11. The summed E-state index contributed by atoms with van der Waals surface area (Å²) in [5, 5.41) is 16.0. The van der Waals surface area contributed by atoms with Crippen molar-refractivity contribution in [3.05, 3.63) is 34.9 Å². The summed E-state index contributed by atoms with van der Waals surface area (Å²) in [6.45, 7) is 0.878.